The summed E-state index contributed by atoms with van der Waals surface area (Å²) < 4.78 is 11.7. The second-order valence-corrected chi connectivity index (χ2v) is 7.09. The smallest absolute Gasteiger partial charge is 0.279 e. The summed E-state index contributed by atoms with van der Waals surface area (Å²) in [7, 11) is 2.97. The Bertz CT molecular complexity index is 1420. The van der Waals surface area contributed by atoms with Crippen LogP contribution < -0.4 is 25.7 Å². The van der Waals surface area contributed by atoms with Gasteiger partial charge in [0.15, 0.2) is 5.69 Å². The quantitative estimate of drug-likeness (QED) is 0.434. The zero-order chi connectivity index (χ0) is 24.1. The van der Waals surface area contributed by atoms with Crippen LogP contribution in [0.4, 0.5) is 5.82 Å². The van der Waals surface area contributed by atoms with E-state index in [1.165, 1.54) is 14.2 Å². The number of nitrogens with one attached hydrogen (secondary N) is 2. The molecule has 0 atom stereocenters. The van der Waals surface area contributed by atoms with Crippen LogP contribution in [0, 0.1) is 0 Å². The van der Waals surface area contributed by atoms with Crippen LogP contribution in [-0.2, 0) is 4.79 Å². The standard InChI is InChI=1S/C24H21N5O5/c1-33-15-10-11-18(19(13-15)34-2)29-24(32)17-8-4-3-7-16(17)22(28-29)23(31)26-14-21(30)27-20-9-5-6-12-25-20/h3-13H,14H2,1-2H3,(H,26,31)(H,25,27,30). The van der Waals surface area contributed by atoms with Crippen molar-refractivity contribution in [3.8, 4) is 17.2 Å². The Morgan fingerprint density at radius 2 is 1.74 bits per heavy atom. The summed E-state index contributed by atoms with van der Waals surface area (Å²) in [5.74, 6) is 0.164. The molecule has 0 unspecified atom stereocenters. The lowest BCUT2D eigenvalue weighted by molar-refractivity contribution is -0.115. The highest BCUT2D eigenvalue weighted by molar-refractivity contribution is 6.06. The van der Waals surface area contributed by atoms with Gasteiger partial charge < -0.3 is 20.1 Å². The summed E-state index contributed by atoms with van der Waals surface area (Å²) in [4.78, 5) is 42.5. The van der Waals surface area contributed by atoms with E-state index in [1.54, 1.807) is 66.9 Å². The van der Waals surface area contributed by atoms with Gasteiger partial charge in [-0.05, 0) is 30.3 Å². The summed E-state index contributed by atoms with van der Waals surface area (Å²) in [5.41, 5.74) is -0.108. The first-order valence-corrected chi connectivity index (χ1v) is 10.3. The molecule has 0 saturated heterocycles. The maximum absolute atomic E-state index is 13.2. The number of benzene rings is 2. The van der Waals surface area contributed by atoms with Gasteiger partial charge in [-0.1, -0.05) is 24.3 Å². The van der Waals surface area contributed by atoms with Gasteiger partial charge in [-0.2, -0.15) is 9.78 Å². The highest BCUT2D eigenvalue weighted by Gasteiger charge is 2.20. The number of hydrogen-bond acceptors (Lipinski definition) is 7. The van der Waals surface area contributed by atoms with Crippen molar-refractivity contribution in [3.63, 3.8) is 0 Å². The largest absolute Gasteiger partial charge is 0.497 e. The van der Waals surface area contributed by atoms with Crippen molar-refractivity contribution >= 4 is 28.4 Å². The van der Waals surface area contributed by atoms with E-state index in [-0.39, 0.29) is 12.2 Å². The monoisotopic (exact) mass is 459 g/mol. The molecule has 4 aromatic rings. The maximum Gasteiger partial charge on any atom is 0.279 e. The lowest BCUT2D eigenvalue weighted by Gasteiger charge is -2.14. The molecule has 0 aliphatic rings. The van der Waals surface area contributed by atoms with Gasteiger partial charge in [0, 0.05) is 17.6 Å². The van der Waals surface area contributed by atoms with E-state index >= 15 is 0 Å². The minimum Gasteiger partial charge on any atom is -0.497 e. The van der Waals surface area contributed by atoms with Crippen LogP contribution in [0.1, 0.15) is 10.5 Å². The molecule has 0 saturated carbocycles. The third kappa shape index (κ3) is 4.56. The first-order valence-electron chi connectivity index (χ1n) is 10.3. The Morgan fingerprint density at radius 1 is 0.971 bits per heavy atom. The molecular formula is C24H21N5O5. The number of fused-ring (bicyclic) bond motifs is 1. The zero-order valence-corrected chi connectivity index (χ0v) is 18.4. The predicted octanol–water partition coefficient (Wildman–Crippen LogP) is 2.17. The fourth-order valence-corrected chi connectivity index (χ4v) is 3.35. The van der Waals surface area contributed by atoms with E-state index in [2.05, 4.69) is 20.7 Å². The Labute approximate surface area is 194 Å². The zero-order valence-electron chi connectivity index (χ0n) is 18.4. The van der Waals surface area contributed by atoms with Gasteiger partial charge in [0.25, 0.3) is 11.5 Å². The molecule has 0 aliphatic heterocycles. The van der Waals surface area contributed by atoms with Crippen LogP contribution in [0.2, 0.25) is 0 Å². The van der Waals surface area contributed by atoms with Gasteiger partial charge in [-0.3, -0.25) is 14.4 Å². The summed E-state index contributed by atoms with van der Waals surface area (Å²) >= 11 is 0. The minimum atomic E-state index is -0.617. The van der Waals surface area contributed by atoms with Gasteiger partial charge in [0.1, 0.15) is 23.0 Å². The van der Waals surface area contributed by atoms with Gasteiger partial charge in [-0.25, -0.2) is 4.98 Å². The molecule has 2 aromatic carbocycles. The number of methoxy groups -OCH3 is 2. The molecule has 0 bridgehead atoms. The highest BCUT2D eigenvalue weighted by atomic mass is 16.5. The predicted molar refractivity (Wildman–Crippen MR) is 126 cm³/mol. The number of hydrogen-bond donors (Lipinski definition) is 2. The molecular weight excluding hydrogens is 438 g/mol. The molecule has 0 aliphatic carbocycles. The molecule has 10 heteroatoms. The van der Waals surface area contributed by atoms with Crippen molar-refractivity contribution < 1.29 is 19.1 Å². The third-order valence-electron chi connectivity index (χ3n) is 4.98. The summed E-state index contributed by atoms with van der Waals surface area (Å²) in [6.07, 6.45) is 1.54. The number of nitrogens with zero attached hydrogens (tertiary/aromatic N) is 3. The Kier molecular flexibility index (Phi) is 6.49. The third-order valence-corrected chi connectivity index (χ3v) is 4.98. The van der Waals surface area contributed by atoms with Crippen molar-refractivity contribution in [1.29, 1.82) is 0 Å². The van der Waals surface area contributed by atoms with Crippen LogP contribution in [0.5, 0.6) is 11.5 Å². The molecule has 10 nitrogen and oxygen atoms in total. The van der Waals surface area contributed by atoms with Crippen molar-refractivity contribution in [3.05, 3.63) is 82.9 Å². The molecule has 0 fully saturated rings. The van der Waals surface area contributed by atoms with E-state index in [0.29, 0.717) is 33.8 Å². The first-order chi connectivity index (χ1) is 16.5. The van der Waals surface area contributed by atoms with E-state index < -0.39 is 17.4 Å². The number of anilines is 1. The second kappa shape index (κ2) is 9.82. The van der Waals surface area contributed by atoms with Gasteiger partial charge >= 0.3 is 0 Å². The van der Waals surface area contributed by atoms with E-state index in [4.69, 9.17) is 9.47 Å². The fourth-order valence-electron chi connectivity index (χ4n) is 3.35. The molecule has 2 aromatic heterocycles. The topological polar surface area (TPSA) is 124 Å². The number of carbonyl (C=O) groups excluding carboxylic acids is 2. The number of carbonyl (C=O) groups is 2. The van der Waals surface area contributed by atoms with Crippen molar-refractivity contribution in [2.24, 2.45) is 0 Å². The van der Waals surface area contributed by atoms with Gasteiger partial charge in [0.05, 0.1) is 26.2 Å². The van der Waals surface area contributed by atoms with E-state index in [1.807, 2.05) is 0 Å². The van der Waals surface area contributed by atoms with Gasteiger partial charge in [-0.15, -0.1) is 0 Å². The minimum absolute atomic E-state index is 0.0151. The first kappa shape index (κ1) is 22.5. The maximum atomic E-state index is 13.2. The number of pyridine rings is 1. The van der Waals surface area contributed by atoms with Crippen molar-refractivity contribution in [2.45, 2.75) is 0 Å². The summed E-state index contributed by atoms with van der Waals surface area (Å²) in [6.45, 7) is -0.309. The number of ether oxygens (including phenoxy) is 2. The van der Waals surface area contributed by atoms with Crippen molar-refractivity contribution in [2.75, 3.05) is 26.1 Å². The molecule has 0 spiro atoms. The molecule has 2 heterocycles. The molecule has 0 radical (unpaired) electrons. The summed E-state index contributed by atoms with van der Waals surface area (Å²) in [5, 5.41) is 10.1. The van der Waals surface area contributed by atoms with E-state index in [0.717, 1.165) is 4.68 Å². The molecule has 2 N–H and O–H groups in total. The van der Waals surface area contributed by atoms with Crippen LogP contribution in [0.25, 0.3) is 16.5 Å². The number of amides is 2. The molecule has 2 amide bonds. The Morgan fingerprint density at radius 3 is 2.44 bits per heavy atom. The van der Waals surface area contributed by atoms with Crippen LogP contribution in [0.15, 0.2) is 71.7 Å². The average Bonchev–Trinajstić information content (AvgIpc) is 2.88. The number of rotatable bonds is 7. The van der Waals surface area contributed by atoms with Crippen molar-refractivity contribution in [1.82, 2.24) is 20.1 Å². The fraction of sp³-hybridized carbons (Fsp3) is 0.125. The molecule has 34 heavy (non-hydrogen) atoms. The van der Waals surface area contributed by atoms with Crippen LogP contribution >= 0.6 is 0 Å². The lowest BCUT2D eigenvalue weighted by atomic mass is 10.1. The highest BCUT2D eigenvalue weighted by Crippen LogP contribution is 2.27. The van der Waals surface area contributed by atoms with Crippen LogP contribution in [-0.4, -0.2) is 47.3 Å². The normalized spacial score (nSPS) is 10.5. The second-order valence-electron chi connectivity index (χ2n) is 7.09. The van der Waals surface area contributed by atoms with E-state index in [9.17, 15) is 14.4 Å². The molecule has 172 valence electrons. The average molecular weight is 459 g/mol. The SMILES string of the molecule is COc1ccc(-n2nc(C(=O)NCC(=O)Nc3ccccn3)c3ccccc3c2=O)c(OC)c1. The van der Waals surface area contributed by atoms with Crippen LogP contribution in [0.3, 0.4) is 0 Å². The lowest BCUT2D eigenvalue weighted by Crippen LogP contribution is -2.35. The Hall–Kier alpha value is -4.73. The number of aromatic nitrogens is 3. The molecule has 4 rings (SSSR count). The summed E-state index contributed by atoms with van der Waals surface area (Å²) in [6, 6.07) is 16.6. The van der Waals surface area contributed by atoms with Gasteiger partial charge in [0.2, 0.25) is 5.91 Å². The Balaban J connectivity index is 1.69.